The predicted molar refractivity (Wildman–Crippen MR) is 98.7 cm³/mol. The van der Waals surface area contributed by atoms with E-state index in [-0.39, 0.29) is 0 Å². The Morgan fingerprint density at radius 3 is 2.88 bits per heavy atom. The normalized spacial score (nSPS) is 9.83. The molecule has 24 heavy (non-hydrogen) atoms. The van der Waals surface area contributed by atoms with Crippen molar-refractivity contribution >= 4 is 23.0 Å². The van der Waals surface area contributed by atoms with Crippen molar-refractivity contribution in [1.82, 2.24) is 9.88 Å². The van der Waals surface area contributed by atoms with Crippen LogP contribution >= 0.6 is 12.2 Å². The van der Waals surface area contributed by atoms with Crippen LogP contribution in [0.25, 0.3) is 0 Å². The molecule has 124 valence electrons. The molecular formula is C18H20N4OS. The van der Waals surface area contributed by atoms with Crippen LogP contribution in [0, 0.1) is 11.3 Å². The van der Waals surface area contributed by atoms with Gasteiger partial charge in [0.05, 0.1) is 24.8 Å². The van der Waals surface area contributed by atoms with Gasteiger partial charge >= 0.3 is 0 Å². The minimum absolute atomic E-state index is 0.398. The number of ether oxygens (including phenoxy) is 1. The Hall–Kier alpha value is -2.65. The molecule has 0 aliphatic rings. The highest BCUT2D eigenvalue weighted by molar-refractivity contribution is 7.80. The average Bonchev–Trinajstić information content (AvgIpc) is 2.61. The SMILES string of the molecule is CCOc1ccccc1NC(=S)N(CCC#N)Cc1cccnc1. The number of nitrogens with zero attached hydrogens (tertiary/aromatic N) is 3. The number of aromatic nitrogens is 1. The molecule has 1 heterocycles. The number of hydrogen-bond donors (Lipinski definition) is 1. The number of para-hydroxylation sites is 2. The van der Waals surface area contributed by atoms with Gasteiger partial charge in [0.15, 0.2) is 5.11 Å². The molecule has 1 aromatic carbocycles. The van der Waals surface area contributed by atoms with Gasteiger partial charge in [-0.05, 0) is 42.9 Å². The highest BCUT2D eigenvalue weighted by Gasteiger charge is 2.12. The molecule has 0 bridgehead atoms. The van der Waals surface area contributed by atoms with Gasteiger partial charge in [0, 0.05) is 25.5 Å². The second-order valence-electron chi connectivity index (χ2n) is 5.05. The summed E-state index contributed by atoms with van der Waals surface area (Å²) in [6, 6.07) is 13.7. The standard InChI is InChI=1S/C18H20N4OS/c1-2-23-17-9-4-3-8-16(17)21-18(24)22(12-6-10-19)14-15-7-5-11-20-13-15/h3-5,7-9,11,13H,2,6,12,14H2,1H3,(H,21,24). The van der Waals surface area contributed by atoms with Crippen LogP contribution in [0.5, 0.6) is 5.75 Å². The second kappa shape index (κ2) is 9.48. The summed E-state index contributed by atoms with van der Waals surface area (Å²) in [7, 11) is 0. The van der Waals surface area contributed by atoms with Gasteiger partial charge in [-0.15, -0.1) is 0 Å². The minimum Gasteiger partial charge on any atom is -0.492 e. The monoisotopic (exact) mass is 340 g/mol. The highest BCUT2D eigenvalue weighted by atomic mass is 32.1. The number of thiocarbonyl (C=S) groups is 1. The van der Waals surface area contributed by atoms with E-state index in [1.54, 1.807) is 12.4 Å². The lowest BCUT2D eigenvalue weighted by atomic mass is 10.2. The Kier molecular flexibility index (Phi) is 6.99. The minimum atomic E-state index is 0.398. The van der Waals surface area contributed by atoms with Gasteiger partial charge in [0.2, 0.25) is 0 Å². The van der Waals surface area contributed by atoms with Gasteiger partial charge in [-0.25, -0.2) is 0 Å². The summed E-state index contributed by atoms with van der Waals surface area (Å²) in [5.74, 6) is 0.754. The molecule has 1 aromatic heterocycles. The van der Waals surface area contributed by atoms with Gasteiger partial charge in [-0.3, -0.25) is 4.98 Å². The summed E-state index contributed by atoms with van der Waals surface area (Å²) in [6.45, 7) is 3.67. The maximum atomic E-state index is 8.89. The van der Waals surface area contributed by atoms with Gasteiger partial charge < -0.3 is 15.0 Å². The van der Waals surface area contributed by atoms with Crippen molar-refractivity contribution in [2.45, 2.75) is 19.9 Å². The lowest BCUT2D eigenvalue weighted by Gasteiger charge is -2.25. The van der Waals surface area contributed by atoms with Gasteiger partial charge in [-0.1, -0.05) is 18.2 Å². The van der Waals surface area contributed by atoms with Crippen molar-refractivity contribution in [2.24, 2.45) is 0 Å². The Bertz CT molecular complexity index is 700. The zero-order valence-electron chi connectivity index (χ0n) is 13.6. The maximum absolute atomic E-state index is 8.89. The van der Waals surface area contributed by atoms with Gasteiger partial charge in [0.1, 0.15) is 5.75 Å². The number of hydrogen-bond acceptors (Lipinski definition) is 4. The fraction of sp³-hybridized carbons (Fsp3) is 0.278. The molecule has 2 rings (SSSR count). The van der Waals surface area contributed by atoms with E-state index in [1.807, 2.05) is 48.2 Å². The number of benzene rings is 1. The van der Waals surface area contributed by atoms with E-state index in [4.69, 9.17) is 22.2 Å². The molecule has 0 atom stereocenters. The molecule has 1 N–H and O–H groups in total. The summed E-state index contributed by atoms with van der Waals surface area (Å²) in [5, 5.41) is 12.7. The quantitative estimate of drug-likeness (QED) is 0.777. The third-order valence-electron chi connectivity index (χ3n) is 3.31. The van der Waals surface area contributed by atoms with Crippen LogP contribution in [0.15, 0.2) is 48.8 Å². The summed E-state index contributed by atoms with van der Waals surface area (Å²) in [6.07, 6.45) is 3.93. The number of rotatable bonds is 7. The van der Waals surface area contributed by atoms with Crippen molar-refractivity contribution < 1.29 is 4.74 Å². The highest BCUT2D eigenvalue weighted by Crippen LogP contribution is 2.24. The largest absolute Gasteiger partial charge is 0.492 e. The molecule has 0 aliphatic heterocycles. The Labute approximate surface area is 147 Å². The Morgan fingerprint density at radius 2 is 2.17 bits per heavy atom. The predicted octanol–water partition coefficient (Wildman–Crippen LogP) is 3.59. The number of pyridine rings is 1. The van der Waals surface area contributed by atoms with Gasteiger partial charge in [0.25, 0.3) is 0 Å². The number of nitrogens with one attached hydrogen (secondary N) is 1. The summed E-state index contributed by atoms with van der Waals surface area (Å²) >= 11 is 5.54. The van der Waals surface area contributed by atoms with Crippen molar-refractivity contribution in [1.29, 1.82) is 5.26 Å². The van der Waals surface area contributed by atoms with E-state index in [0.29, 0.717) is 31.2 Å². The molecule has 0 amide bonds. The van der Waals surface area contributed by atoms with Gasteiger partial charge in [-0.2, -0.15) is 5.26 Å². The van der Waals surface area contributed by atoms with Crippen LogP contribution in [0.1, 0.15) is 18.9 Å². The summed E-state index contributed by atoms with van der Waals surface area (Å²) in [5.41, 5.74) is 1.86. The van der Waals surface area contributed by atoms with Crippen molar-refractivity contribution in [3.05, 3.63) is 54.4 Å². The first-order valence-corrected chi connectivity index (χ1v) is 8.19. The Morgan fingerprint density at radius 1 is 1.33 bits per heavy atom. The van der Waals surface area contributed by atoms with Crippen LogP contribution in [-0.2, 0) is 6.54 Å². The molecule has 0 saturated heterocycles. The first-order chi connectivity index (χ1) is 11.7. The van der Waals surface area contributed by atoms with Crippen LogP contribution < -0.4 is 10.1 Å². The number of anilines is 1. The first kappa shape index (κ1) is 17.7. The molecule has 0 saturated carbocycles. The van der Waals surface area contributed by atoms with E-state index in [0.717, 1.165) is 17.0 Å². The molecular weight excluding hydrogens is 320 g/mol. The molecule has 0 unspecified atom stereocenters. The first-order valence-electron chi connectivity index (χ1n) is 7.78. The lowest BCUT2D eigenvalue weighted by molar-refractivity contribution is 0.342. The molecule has 0 radical (unpaired) electrons. The van der Waals surface area contributed by atoms with Crippen molar-refractivity contribution in [2.75, 3.05) is 18.5 Å². The summed E-state index contributed by atoms with van der Waals surface area (Å²) in [4.78, 5) is 6.08. The summed E-state index contributed by atoms with van der Waals surface area (Å²) < 4.78 is 5.61. The molecule has 2 aromatic rings. The molecule has 6 heteroatoms. The molecule has 0 spiro atoms. The van der Waals surface area contributed by atoms with Crippen molar-refractivity contribution in [3.63, 3.8) is 0 Å². The van der Waals surface area contributed by atoms with E-state index in [9.17, 15) is 0 Å². The van der Waals surface area contributed by atoms with Crippen LogP contribution in [-0.4, -0.2) is 28.1 Å². The third kappa shape index (κ3) is 5.21. The Balaban J connectivity index is 2.11. The molecule has 0 aliphatic carbocycles. The average molecular weight is 340 g/mol. The molecule has 5 nitrogen and oxygen atoms in total. The van der Waals surface area contributed by atoms with Crippen molar-refractivity contribution in [3.8, 4) is 11.8 Å². The van der Waals surface area contributed by atoms with E-state index in [1.165, 1.54) is 0 Å². The number of nitriles is 1. The van der Waals surface area contributed by atoms with Crippen LogP contribution in [0.4, 0.5) is 5.69 Å². The molecule has 0 fully saturated rings. The smallest absolute Gasteiger partial charge is 0.173 e. The third-order valence-corrected chi connectivity index (χ3v) is 3.67. The van der Waals surface area contributed by atoms with Crippen LogP contribution in [0.3, 0.4) is 0 Å². The van der Waals surface area contributed by atoms with E-state index in [2.05, 4.69) is 16.4 Å². The van der Waals surface area contributed by atoms with E-state index >= 15 is 0 Å². The fourth-order valence-corrected chi connectivity index (χ4v) is 2.46. The second-order valence-corrected chi connectivity index (χ2v) is 5.44. The topological polar surface area (TPSA) is 61.2 Å². The zero-order valence-corrected chi connectivity index (χ0v) is 14.4. The lowest BCUT2D eigenvalue weighted by Crippen LogP contribution is -2.35. The fourth-order valence-electron chi connectivity index (χ4n) is 2.19. The zero-order chi connectivity index (χ0) is 17.2. The van der Waals surface area contributed by atoms with E-state index < -0.39 is 0 Å². The van der Waals surface area contributed by atoms with Crippen LogP contribution in [0.2, 0.25) is 0 Å². The maximum Gasteiger partial charge on any atom is 0.173 e.